The van der Waals surface area contributed by atoms with E-state index in [1.54, 1.807) is 6.92 Å². The van der Waals surface area contributed by atoms with Crippen molar-refractivity contribution in [3.63, 3.8) is 0 Å². The van der Waals surface area contributed by atoms with Crippen LogP contribution >= 0.6 is 0 Å². The first-order chi connectivity index (χ1) is 12.0. The van der Waals surface area contributed by atoms with Crippen LogP contribution in [-0.4, -0.2) is 59.7 Å². The van der Waals surface area contributed by atoms with Crippen molar-refractivity contribution in [1.29, 1.82) is 0 Å². The SMILES string of the molecule is CC1CC(=O)NC(C)C(=O)NC(C)C(=O)NC(C)C(=O)NC(C)C(=O)N1. The summed E-state index contributed by atoms with van der Waals surface area (Å²) in [7, 11) is 0. The van der Waals surface area contributed by atoms with Crippen molar-refractivity contribution < 1.29 is 24.0 Å². The molecule has 0 aromatic carbocycles. The third-order valence-electron chi connectivity index (χ3n) is 3.91. The van der Waals surface area contributed by atoms with Crippen LogP contribution in [0.15, 0.2) is 0 Å². The Morgan fingerprint density at radius 2 is 0.846 bits per heavy atom. The van der Waals surface area contributed by atoms with Crippen LogP contribution in [0.1, 0.15) is 41.0 Å². The molecular weight excluding hydrogens is 342 g/mol. The highest BCUT2D eigenvalue weighted by Gasteiger charge is 2.26. The van der Waals surface area contributed by atoms with Crippen LogP contribution in [0.5, 0.6) is 0 Å². The molecule has 10 nitrogen and oxygen atoms in total. The predicted octanol–water partition coefficient (Wildman–Crippen LogP) is -2.09. The average Bonchev–Trinajstić information content (AvgIpc) is 2.52. The second kappa shape index (κ2) is 9.16. The van der Waals surface area contributed by atoms with Gasteiger partial charge in [0.25, 0.3) is 0 Å². The summed E-state index contributed by atoms with van der Waals surface area (Å²) in [6, 6.07) is -3.96. The Bertz CT molecular complexity index is 594. The highest BCUT2D eigenvalue weighted by molar-refractivity contribution is 5.95. The molecule has 0 saturated carbocycles. The maximum absolute atomic E-state index is 12.1. The standard InChI is InChI=1S/C16H27N5O5/c1-7-6-12(22)18-8(2)14(24)20-10(4)16(26)21-11(5)15(25)19-9(3)13(23)17-7/h7-11H,6H2,1-5H3,(H,17,23)(H,18,22)(H,19,25)(H,20,24)(H,21,26). The normalized spacial score (nSPS) is 32.7. The molecule has 1 rings (SSSR count). The van der Waals surface area contributed by atoms with Gasteiger partial charge in [0.05, 0.1) is 0 Å². The number of carbonyl (C=O) groups excluding carboxylic acids is 5. The molecule has 5 unspecified atom stereocenters. The largest absolute Gasteiger partial charge is 0.351 e. The van der Waals surface area contributed by atoms with Crippen molar-refractivity contribution in [3.8, 4) is 0 Å². The van der Waals surface area contributed by atoms with Crippen LogP contribution in [0.4, 0.5) is 0 Å². The van der Waals surface area contributed by atoms with Gasteiger partial charge in [-0.05, 0) is 34.6 Å². The minimum atomic E-state index is -0.898. The molecule has 0 aliphatic carbocycles. The molecule has 5 N–H and O–H groups in total. The van der Waals surface area contributed by atoms with Gasteiger partial charge in [0.1, 0.15) is 24.2 Å². The van der Waals surface area contributed by atoms with E-state index in [-0.39, 0.29) is 6.42 Å². The summed E-state index contributed by atoms with van der Waals surface area (Å²) in [6.07, 6.45) is -0.0313. The molecular formula is C16H27N5O5. The summed E-state index contributed by atoms with van der Waals surface area (Å²) in [6.45, 7) is 7.57. The van der Waals surface area contributed by atoms with Gasteiger partial charge in [-0.25, -0.2) is 0 Å². The lowest BCUT2D eigenvalue weighted by Gasteiger charge is -2.23. The number of nitrogens with one attached hydrogen (secondary N) is 5. The molecule has 1 fully saturated rings. The molecule has 5 atom stereocenters. The van der Waals surface area contributed by atoms with Crippen molar-refractivity contribution in [2.45, 2.75) is 71.2 Å². The number of rotatable bonds is 0. The second-order valence-electron chi connectivity index (χ2n) is 6.59. The van der Waals surface area contributed by atoms with Crippen LogP contribution in [0, 0.1) is 0 Å². The van der Waals surface area contributed by atoms with Gasteiger partial charge in [-0.15, -0.1) is 0 Å². The van der Waals surface area contributed by atoms with Gasteiger partial charge in [0.2, 0.25) is 29.5 Å². The van der Waals surface area contributed by atoms with Crippen molar-refractivity contribution in [1.82, 2.24) is 26.6 Å². The molecule has 0 bridgehead atoms. The molecule has 1 aliphatic rings. The number of carbonyl (C=O) groups is 5. The lowest BCUT2D eigenvalue weighted by molar-refractivity contribution is -0.134. The van der Waals surface area contributed by atoms with Gasteiger partial charge >= 0.3 is 0 Å². The van der Waals surface area contributed by atoms with Gasteiger partial charge < -0.3 is 26.6 Å². The van der Waals surface area contributed by atoms with E-state index in [2.05, 4.69) is 26.6 Å². The van der Waals surface area contributed by atoms with Crippen molar-refractivity contribution in [3.05, 3.63) is 0 Å². The highest BCUT2D eigenvalue weighted by Crippen LogP contribution is 1.97. The Morgan fingerprint density at radius 3 is 1.23 bits per heavy atom. The zero-order valence-corrected chi connectivity index (χ0v) is 15.6. The fourth-order valence-electron chi connectivity index (χ4n) is 2.27. The maximum Gasteiger partial charge on any atom is 0.242 e. The van der Waals surface area contributed by atoms with Gasteiger partial charge in [0.15, 0.2) is 0 Å². The fourth-order valence-corrected chi connectivity index (χ4v) is 2.27. The van der Waals surface area contributed by atoms with E-state index in [1.807, 2.05) is 0 Å². The monoisotopic (exact) mass is 369 g/mol. The molecule has 1 saturated heterocycles. The van der Waals surface area contributed by atoms with E-state index >= 15 is 0 Å². The minimum absolute atomic E-state index is 0.0313. The van der Waals surface area contributed by atoms with E-state index in [1.165, 1.54) is 27.7 Å². The fraction of sp³-hybridized carbons (Fsp3) is 0.688. The number of hydrogen-bond donors (Lipinski definition) is 5. The van der Waals surface area contributed by atoms with E-state index in [0.717, 1.165) is 0 Å². The summed E-state index contributed by atoms with van der Waals surface area (Å²) in [5, 5.41) is 12.6. The first-order valence-corrected chi connectivity index (χ1v) is 8.52. The third-order valence-corrected chi connectivity index (χ3v) is 3.91. The molecule has 1 heterocycles. The average molecular weight is 369 g/mol. The van der Waals surface area contributed by atoms with E-state index in [9.17, 15) is 24.0 Å². The van der Waals surface area contributed by atoms with Gasteiger partial charge in [-0.1, -0.05) is 0 Å². The van der Waals surface area contributed by atoms with Crippen LogP contribution < -0.4 is 26.6 Å². The Morgan fingerprint density at radius 1 is 0.538 bits per heavy atom. The third kappa shape index (κ3) is 6.34. The summed E-state index contributed by atoms with van der Waals surface area (Å²) >= 11 is 0. The van der Waals surface area contributed by atoms with E-state index in [0.29, 0.717) is 0 Å². The maximum atomic E-state index is 12.1. The summed E-state index contributed by atoms with van der Waals surface area (Å²) < 4.78 is 0. The van der Waals surface area contributed by atoms with Crippen LogP contribution in [0.2, 0.25) is 0 Å². The molecule has 10 heteroatoms. The first-order valence-electron chi connectivity index (χ1n) is 8.52. The van der Waals surface area contributed by atoms with Crippen molar-refractivity contribution in [2.75, 3.05) is 0 Å². The van der Waals surface area contributed by atoms with Crippen molar-refractivity contribution in [2.24, 2.45) is 0 Å². The smallest absolute Gasteiger partial charge is 0.242 e. The topological polar surface area (TPSA) is 146 Å². The predicted molar refractivity (Wildman–Crippen MR) is 92.6 cm³/mol. The number of hydrogen-bond acceptors (Lipinski definition) is 5. The molecule has 1 aliphatic heterocycles. The van der Waals surface area contributed by atoms with Gasteiger partial charge in [-0.3, -0.25) is 24.0 Å². The van der Waals surface area contributed by atoms with Crippen LogP contribution in [0.25, 0.3) is 0 Å². The lowest BCUT2D eigenvalue weighted by atomic mass is 10.1. The van der Waals surface area contributed by atoms with Gasteiger partial charge in [-0.2, -0.15) is 0 Å². The van der Waals surface area contributed by atoms with Gasteiger partial charge in [0, 0.05) is 12.5 Å². The first kappa shape index (κ1) is 21.4. The zero-order valence-electron chi connectivity index (χ0n) is 15.6. The van der Waals surface area contributed by atoms with Crippen LogP contribution in [-0.2, 0) is 24.0 Å². The van der Waals surface area contributed by atoms with Crippen LogP contribution in [0.3, 0.4) is 0 Å². The minimum Gasteiger partial charge on any atom is -0.351 e. The van der Waals surface area contributed by atoms with Crippen molar-refractivity contribution >= 4 is 29.5 Å². The Balaban J connectivity index is 2.95. The second-order valence-corrected chi connectivity index (χ2v) is 6.59. The Hall–Kier alpha value is -2.65. The lowest BCUT2D eigenvalue weighted by Crippen LogP contribution is -2.57. The highest BCUT2D eigenvalue weighted by atomic mass is 16.2. The molecule has 5 amide bonds. The summed E-state index contributed by atoms with van der Waals surface area (Å²) in [5.74, 6) is -2.50. The molecule has 0 spiro atoms. The quantitative estimate of drug-likeness (QED) is 0.332. The molecule has 26 heavy (non-hydrogen) atoms. The molecule has 0 aromatic heterocycles. The molecule has 0 aromatic rings. The zero-order chi connectivity index (χ0) is 20.0. The Kier molecular flexibility index (Phi) is 7.54. The Labute approximate surface area is 152 Å². The van der Waals surface area contributed by atoms with E-state index in [4.69, 9.17) is 0 Å². The molecule has 146 valence electrons. The van der Waals surface area contributed by atoms with E-state index < -0.39 is 59.7 Å². The molecule has 0 radical (unpaired) electrons. The number of amides is 5. The summed E-state index contributed by atoms with van der Waals surface area (Å²) in [4.78, 5) is 60.4. The summed E-state index contributed by atoms with van der Waals surface area (Å²) in [5.41, 5.74) is 0.